The maximum atomic E-state index is 9.76. The molecule has 17 heavy (non-hydrogen) atoms. The Kier molecular flexibility index (Phi) is 2.19. The number of hydrogen-bond donors (Lipinski definition) is 2. The third kappa shape index (κ3) is 1.70. The number of nitrogens with zero attached hydrogens (tertiary/aromatic N) is 2. The molecule has 2 heterocycles. The maximum Gasteiger partial charge on any atom is 0.129 e. The summed E-state index contributed by atoms with van der Waals surface area (Å²) in [6.07, 6.45) is 3.40. The van der Waals surface area contributed by atoms with Gasteiger partial charge in [0.15, 0.2) is 0 Å². The quantitative estimate of drug-likeness (QED) is 0.690. The Morgan fingerprint density at radius 3 is 2.76 bits per heavy atom. The van der Waals surface area contributed by atoms with Gasteiger partial charge in [-0.15, -0.1) is 11.3 Å². The lowest BCUT2D eigenvalue weighted by Crippen LogP contribution is -1.77. The topological polar surface area (TPSA) is 66.2 Å². The third-order valence-corrected chi connectivity index (χ3v) is 3.47. The number of aromatic nitrogens is 2. The minimum atomic E-state index is 0.0250. The molecule has 5 heteroatoms. The van der Waals surface area contributed by atoms with Crippen LogP contribution in [0.5, 0.6) is 11.5 Å². The van der Waals surface area contributed by atoms with E-state index in [0.717, 1.165) is 10.2 Å². The SMILES string of the molecule is Oc1ccc(-c2nc3cnccc3s2)c(O)c1. The van der Waals surface area contributed by atoms with Crippen LogP contribution in [-0.4, -0.2) is 20.2 Å². The summed E-state index contributed by atoms with van der Waals surface area (Å²) >= 11 is 1.48. The average molecular weight is 244 g/mol. The molecule has 4 nitrogen and oxygen atoms in total. The van der Waals surface area contributed by atoms with Crippen molar-refractivity contribution < 1.29 is 10.2 Å². The molecule has 84 valence electrons. The van der Waals surface area contributed by atoms with Gasteiger partial charge >= 0.3 is 0 Å². The zero-order valence-electron chi connectivity index (χ0n) is 8.66. The van der Waals surface area contributed by atoms with Gasteiger partial charge in [0.05, 0.1) is 16.5 Å². The monoisotopic (exact) mass is 244 g/mol. The second-order valence-electron chi connectivity index (χ2n) is 3.56. The number of benzene rings is 1. The Morgan fingerprint density at radius 1 is 1.12 bits per heavy atom. The van der Waals surface area contributed by atoms with Crippen LogP contribution in [0.15, 0.2) is 36.7 Å². The van der Waals surface area contributed by atoms with Gasteiger partial charge in [-0.3, -0.25) is 4.98 Å². The van der Waals surface area contributed by atoms with Crippen molar-refractivity contribution in [3.63, 3.8) is 0 Å². The van der Waals surface area contributed by atoms with E-state index in [1.807, 2.05) is 6.07 Å². The highest BCUT2D eigenvalue weighted by atomic mass is 32.1. The zero-order valence-corrected chi connectivity index (χ0v) is 9.48. The van der Waals surface area contributed by atoms with Gasteiger partial charge in [-0.05, 0) is 18.2 Å². The first kappa shape index (κ1) is 10.0. The number of rotatable bonds is 1. The Bertz CT molecular complexity index is 661. The summed E-state index contributed by atoms with van der Waals surface area (Å²) in [5.41, 5.74) is 1.42. The lowest BCUT2D eigenvalue weighted by Gasteiger charge is -2.00. The molecule has 0 unspecified atom stereocenters. The van der Waals surface area contributed by atoms with E-state index in [9.17, 15) is 10.2 Å². The fourth-order valence-corrected chi connectivity index (χ4v) is 2.56. The number of phenols is 2. The molecule has 0 aliphatic rings. The van der Waals surface area contributed by atoms with Crippen LogP contribution in [0.4, 0.5) is 0 Å². The minimum absolute atomic E-state index is 0.0250. The number of fused-ring (bicyclic) bond motifs is 1. The minimum Gasteiger partial charge on any atom is -0.508 e. The van der Waals surface area contributed by atoms with E-state index in [1.165, 1.54) is 23.5 Å². The van der Waals surface area contributed by atoms with Gasteiger partial charge in [-0.2, -0.15) is 0 Å². The smallest absolute Gasteiger partial charge is 0.129 e. The number of pyridine rings is 1. The first-order valence-electron chi connectivity index (χ1n) is 4.97. The molecular weight excluding hydrogens is 236 g/mol. The van der Waals surface area contributed by atoms with Crippen LogP contribution < -0.4 is 0 Å². The van der Waals surface area contributed by atoms with Crippen molar-refractivity contribution in [3.05, 3.63) is 36.7 Å². The van der Waals surface area contributed by atoms with Gasteiger partial charge in [0, 0.05) is 12.3 Å². The largest absolute Gasteiger partial charge is 0.508 e. The molecule has 0 saturated heterocycles. The van der Waals surface area contributed by atoms with Gasteiger partial charge in [0.2, 0.25) is 0 Å². The summed E-state index contributed by atoms with van der Waals surface area (Å²) in [6.45, 7) is 0. The van der Waals surface area contributed by atoms with E-state index in [0.29, 0.717) is 10.6 Å². The first-order valence-corrected chi connectivity index (χ1v) is 5.78. The highest BCUT2D eigenvalue weighted by Crippen LogP contribution is 2.36. The van der Waals surface area contributed by atoms with Gasteiger partial charge in [-0.25, -0.2) is 4.98 Å². The molecular formula is C12H8N2O2S. The normalized spacial score (nSPS) is 10.8. The van der Waals surface area contributed by atoms with Crippen LogP contribution in [0.1, 0.15) is 0 Å². The molecule has 0 aliphatic carbocycles. The molecule has 1 aromatic carbocycles. The van der Waals surface area contributed by atoms with E-state index < -0.39 is 0 Å². The maximum absolute atomic E-state index is 9.76. The standard InChI is InChI=1S/C12H8N2O2S/c15-7-1-2-8(10(16)5-7)12-14-9-6-13-4-3-11(9)17-12/h1-6,15-16H. The predicted octanol–water partition coefficient (Wildman–Crippen LogP) is 2.77. The molecule has 3 rings (SSSR count). The molecule has 2 aromatic heterocycles. The number of thiazole rings is 1. The van der Waals surface area contributed by atoms with E-state index in [-0.39, 0.29) is 11.5 Å². The van der Waals surface area contributed by atoms with Crippen molar-refractivity contribution in [1.82, 2.24) is 9.97 Å². The molecule has 0 amide bonds. The van der Waals surface area contributed by atoms with E-state index in [1.54, 1.807) is 18.5 Å². The molecule has 0 fully saturated rings. The molecule has 0 spiro atoms. The van der Waals surface area contributed by atoms with Crippen molar-refractivity contribution in [2.45, 2.75) is 0 Å². The third-order valence-electron chi connectivity index (χ3n) is 2.40. The Labute approximate surface area is 101 Å². The lowest BCUT2D eigenvalue weighted by molar-refractivity contribution is 0.452. The molecule has 0 aliphatic heterocycles. The van der Waals surface area contributed by atoms with Crippen LogP contribution in [0, 0.1) is 0 Å². The highest BCUT2D eigenvalue weighted by Gasteiger charge is 2.10. The Hall–Kier alpha value is -2.14. The van der Waals surface area contributed by atoms with Gasteiger partial charge in [0.25, 0.3) is 0 Å². The molecule has 2 N–H and O–H groups in total. The Balaban J connectivity index is 2.20. The fraction of sp³-hybridized carbons (Fsp3) is 0. The van der Waals surface area contributed by atoms with Gasteiger partial charge in [-0.1, -0.05) is 0 Å². The summed E-state index contributed by atoms with van der Waals surface area (Å²) in [5.74, 6) is 0.0612. The van der Waals surface area contributed by atoms with Gasteiger partial charge < -0.3 is 10.2 Å². The van der Waals surface area contributed by atoms with Gasteiger partial charge in [0.1, 0.15) is 22.0 Å². The van der Waals surface area contributed by atoms with Crippen LogP contribution in [-0.2, 0) is 0 Å². The lowest BCUT2D eigenvalue weighted by atomic mass is 10.2. The summed E-state index contributed by atoms with van der Waals surface area (Å²) in [5, 5.41) is 19.7. The van der Waals surface area contributed by atoms with Crippen molar-refractivity contribution >= 4 is 21.6 Å². The van der Waals surface area contributed by atoms with Crippen molar-refractivity contribution in [2.75, 3.05) is 0 Å². The molecule has 3 aromatic rings. The fourth-order valence-electron chi connectivity index (χ4n) is 1.60. The summed E-state index contributed by atoms with van der Waals surface area (Å²) in [4.78, 5) is 8.39. The summed E-state index contributed by atoms with van der Waals surface area (Å²) < 4.78 is 1.02. The second-order valence-corrected chi connectivity index (χ2v) is 4.59. The zero-order chi connectivity index (χ0) is 11.8. The molecule has 0 radical (unpaired) electrons. The van der Waals surface area contributed by atoms with Crippen molar-refractivity contribution in [2.24, 2.45) is 0 Å². The molecule has 0 saturated carbocycles. The van der Waals surface area contributed by atoms with E-state index in [2.05, 4.69) is 9.97 Å². The molecule has 0 atom stereocenters. The van der Waals surface area contributed by atoms with E-state index >= 15 is 0 Å². The van der Waals surface area contributed by atoms with Crippen LogP contribution in [0.3, 0.4) is 0 Å². The number of hydrogen-bond acceptors (Lipinski definition) is 5. The summed E-state index contributed by atoms with van der Waals surface area (Å²) in [6, 6.07) is 6.36. The molecule has 0 bridgehead atoms. The number of phenolic OH excluding ortho intramolecular Hbond substituents is 2. The number of aromatic hydroxyl groups is 2. The second kappa shape index (κ2) is 3.71. The Morgan fingerprint density at radius 2 is 2.00 bits per heavy atom. The van der Waals surface area contributed by atoms with Crippen molar-refractivity contribution in [3.8, 4) is 22.1 Å². The predicted molar refractivity (Wildman–Crippen MR) is 66.2 cm³/mol. The van der Waals surface area contributed by atoms with Crippen LogP contribution in [0.2, 0.25) is 0 Å². The first-order chi connectivity index (χ1) is 8.24. The highest BCUT2D eigenvalue weighted by molar-refractivity contribution is 7.21. The summed E-state index contributed by atoms with van der Waals surface area (Å²) in [7, 11) is 0. The van der Waals surface area contributed by atoms with E-state index in [4.69, 9.17) is 0 Å². The van der Waals surface area contributed by atoms with Crippen molar-refractivity contribution in [1.29, 1.82) is 0 Å². The average Bonchev–Trinajstić information content (AvgIpc) is 2.72. The van der Waals surface area contributed by atoms with Crippen LogP contribution >= 0.6 is 11.3 Å². The van der Waals surface area contributed by atoms with Crippen LogP contribution in [0.25, 0.3) is 20.8 Å².